The first-order chi connectivity index (χ1) is 13.7. The molecule has 1 saturated heterocycles. The van der Waals surface area contributed by atoms with Gasteiger partial charge in [0, 0.05) is 24.0 Å². The summed E-state index contributed by atoms with van der Waals surface area (Å²) in [5, 5.41) is 9.87. The Morgan fingerprint density at radius 3 is 2.82 bits per heavy atom. The lowest BCUT2D eigenvalue weighted by Crippen LogP contribution is -2.41. The van der Waals surface area contributed by atoms with Gasteiger partial charge in [0.15, 0.2) is 5.65 Å². The predicted molar refractivity (Wildman–Crippen MR) is 106 cm³/mol. The maximum Gasteiger partial charge on any atom is 0.309 e. The maximum absolute atomic E-state index is 12.5. The molecule has 1 aromatic carbocycles. The molecule has 0 unspecified atom stereocenters. The van der Waals surface area contributed by atoms with Gasteiger partial charge >= 0.3 is 5.97 Å². The van der Waals surface area contributed by atoms with Crippen molar-refractivity contribution in [2.24, 2.45) is 5.92 Å². The van der Waals surface area contributed by atoms with Gasteiger partial charge in [0.25, 0.3) is 0 Å². The fourth-order valence-corrected chi connectivity index (χ4v) is 4.10. The van der Waals surface area contributed by atoms with Crippen LogP contribution in [-0.4, -0.2) is 62.4 Å². The Kier molecular flexibility index (Phi) is 5.43. The molecule has 0 spiro atoms. The van der Waals surface area contributed by atoms with Crippen molar-refractivity contribution >= 4 is 45.7 Å². The highest BCUT2D eigenvalue weighted by Crippen LogP contribution is 2.24. The van der Waals surface area contributed by atoms with E-state index in [9.17, 15) is 9.59 Å². The largest absolute Gasteiger partial charge is 0.466 e. The van der Waals surface area contributed by atoms with E-state index in [1.165, 1.54) is 11.8 Å². The van der Waals surface area contributed by atoms with E-state index in [4.69, 9.17) is 4.74 Å². The molecule has 1 aliphatic heterocycles. The van der Waals surface area contributed by atoms with Crippen LogP contribution in [0.25, 0.3) is 22.1 Å². The SMILES string of the molecule is CCOC(=O)C1CCN(C(=O)CSc2nnc3c(n2)[nH]c2ccccc23)CC1. The third kappa shape index (κ3) is 3.80. The molecule has 0 radical (unpaired) electrons. The number of amides is 1. The molecule has 146 valence electrons. The highest BCUT2D eigenvalue weighted by molar-refractivity contribution is 7.99. The molecular weight excluding hydrogens is 378 g/mol. The molecule has 1 aliphatic rings. The zero-order chi connectivity index (χ0) is 19.5. The van der Waals surface area contributed by atoms with Gasteiger partial charge < -0.3 is 14.6 Å². The molecule has 0 bridgehead atoms. The third-order valence-electron chi connectivity index (χ3n) is 4.89. The van der Waals surface area contributed by atoms with Crippen LogP contribution in [0.15, 0.2) is 29.4 Å². The molecule has 28 heavy (non-hydrogen) atoms. The summed E-state index contributed by atoms with van der Waals surface area (Å²) in [6, 6.07) is 7.84. The number of ether oxygens (including phenoxy) is 1. The number of fused-ring (bicyclic) bond motifs is 3. The summed E-state index contributed by atoms with van der Waals surface area (Å²) in [6.07, 6.45) is 1.29. The fraction of sp³-hybridized carbons (Fsp3) is 0.421. The number of rotatable bonds is 5. The van der Waals surface area contributed by atoms with Gasteiger partial charge in [-0.15, -0.1) is 10.2 Å². The first-order valence-electron chi connectivity index (χ1n) is 9.34. The van der Waals surface area contributed by atoms with Gasteiger partial charge in [0.05, 0.1) is 18.3 Å². The van der Waals surface area contributed by atoms with E-state index < -0.39 is 0 Å². The number of hydrogen-bond acceptors (Lipinski definition) is 7. The summed E-state index contributed by atoms with van der Waals surface area (Å²) in [5.74, 6) is 0.00801. The number of carbonyl (C=O) groups is 2. The van der Waals surface area contributed by atoms with Crippen molar-refractivity contribution in [3.63, 3.8) is 0 Å². The van der Waals surface area contributed by atoms with E-state index in [-0.39, 0.29) is 23.5 Å². The summed E-state index contributed by atoms with van der Waals surface area (Å²) in [5.41, 5.74) is 2.36. The number of aromatic nitrogens is 4. The van der Waals surface area contributed by atoms with Crippen LogP contribution in [-0.2, 0) is 14.3 Å². The molecule has 1 fully saturated rings. The van der Waals surface area contributed by atoms with Crippen LogP contribution in [0, 0.1) is 5.92 Å². The number of piperidine rings is 1. The van der Waals surface area contributed by atoms with Crippen molar-refractivity contribution in [1.29, 1.82) is 0 Å². The van der Waals surface area contributed by atoms with Gasteiger partial charge in [-0.3, -0.25) is 9.59 Å². The number of para-hydroxylation sites is 1. The van der Waals surface area contributed by atoms with Crippen molar-refractivity contribution in [3.8, 4) is 0 Å². The Morgan fingerprint density at radius 2 is 2.04 bits per heavy atom. The normalized spacial score (nSPS) is 15.2. The molecule has 0 saturated carbocycles. The third-order valence-corrected chi connectivity index (χ3v) is 5.72. The fourth-order valence-electron chi connectivity index (χ4n) is 3.41. The van der Waals surface area contributed by atoms with Crippen LogP contribution in [0.3, 0.4) is 0 Å². The van der Waals surface area contributed by atoms with Crippen molar-refractivity contribution in [1.82, 2.24) is 25.1 Å². The highest BCUT2D eigenvalue weighted by Gasteiger charge is 2.28. The lowest BCUT2D eigenvalue weighted by Gasteiger charge is -2.30. The molecule has 3 heterocycles. The summed E-state index contributed by atoms with van der Waals surface area (Å²) in [7, 11) is 0. The summed E-state index contributed by atoms with van der Waals surface area (Å²) < 4.78 is 5.07. The minimum atomic E-state index is -0.157. The molecular formula is C19H21N5O3S. The topological polar surface area (TPSA) is 101 Å². The summed E-state index contributed by atoms with van der Waals surface area (Å²) in [6.45, 7) is 3.34. The highest BCUT2D eigenvalue weighted by atomic mass is 32.2. The Bertz CT molecular complexity index is 1010. The average molecular weight is 399 g/mol. The van der Waals surface area contributed by atoms with Crippen molar-refractivity contribution in [3.05, 3.63) is 24.3 Å². The van der Waals surface area contributed by atoms with Crippen LogP contribution in [0.1, 0.15) is 19.8 Å². The van der Waals surface area contributed by atoms with Crippen LogP contribution in [0.4, 0.5) is 0 Å². The van der Waals surface area contributed by atoms with Crippen LogP contribution in [0.2, 0.25) is 0 Å². The molecule has 8 nitrogen and oxygen atoms in total. The lowest BCUT2D eigenvalue weighted by molar-refractivity contribution is -0.151. The Labute approximate surface area is 166 Å². The van der Waals surface area contributed by atoms with Crippen molar-refractivity contribution in [2.45, 2.75) is 24.9 Å². The standard InChI is InChI=1S/C19H21N5O3S/c1-2-27-18(26)12-7-9-24(10-8-12)15(25)11-28-19-21-17-16(22-23-19)13-5-3-4-6-14(13)20-17/h3-6,12H,2,7-11H2,1H3,(H,20,21,23). The van der Waals surface area contributed by atoms with E-state index in [2.05, 4.69) is 20.2 Å². The second kappa shape index (κ2) is 8.14. The van der Waals surface area contributed by atoms with Crippen molar-refractivity contribution in [2.75, 3.05) is 25.4 Å². The van der Waals surface area contributed by atoms with Crippen molar-refractivity contribution < 1.29 is 14.3 Å². The van der Waals surface area contributed by atoms with E-state index in [0.29, 0.717) is 43.3 Å². The number of hydrogen-bond donors (Lipinski definition) is 1. The number of aromatic amines is 1. The molecule has 1 N–H and O–H groups in total. The number of nitrogens with one attached hydrogen (secondary N) is 1. The minimum absolute atomic E-state index is 0.0210. The average Bonchev–Trinajstić information content (AvgIpc) is 3.10. The first-order valence-corrected chi connectivity index (χ1v) is 10.3. The van der Waals surface area contributed by atoms with E-state index in [1.807, 2.05) is 24.3 Å². The zero-order valence-corrected chi connectivity index (χ0v) is 16.4. The van der Waals surface area contributed by atoms with E-state index in [1.54, 1.807) is 11.8 Å². The van der Waals surface area contributed by atoms with Gasteiger partial charge in [-0.05, 0) is 25.8 Å². The molecule has 9 heteroatoms. The smallest absolute Gasteiger partial charge is 0.309 e. The maximum atomic E-state index is 12.5. The monoisotopic (exact) mass is 399 g/mol. The molecule has 2 aromatic heterocycles. The number of esters is 1. The number of benzene rings is 1. The second-order valence-electron chi connectivity index (χ2n) is 6.66. The van der Waals surface area contributed by atoms with Gasteiger partial charge in [-0.1, -0.05) is 30.0 Å². The number of thioether (sulfide) groups is 1. The predicted octanol–water partition coefficient (Wildman–Crippen LogP) is 2.40. The molecule has 0 atom stereocenters. The first kappa shape index (κ1) is 18.7. The van der Waals surface area contributed by atoms with Gasteiger partial charge in [0.2, 0.25) is 11.1 Å². The lowest BCUT2D eigenvalue weighted by atomic mass is 9.97. The number of carbonyl (C=O) groups excluding carboxylic acids is 2. The molecule has 4 rings (SSSR count). The number of likely N-dealkylation sites (tertiary alicyclic amines) is 1. The summed E-state index contributed by atoms with van der Waals surface area (Å²) >= 11 is 1.27. The molecule has 1 amide bonds. The van der Waals surface area contributed by atoms with Gasteiger partial charge in [0.1, 0.15) is 5.52 Å². The van der Waals surface area contributed by atoms with E-state index in [0.717, 1.165) is 16.4 Å². The molecule has 0 aliphatic carbocycles. The Hall–Kier alpha value is -2.68. The second-order valence-corrected chi connectivity index (χ2v) is 7.60. The molecule has 3 aromatic rings. The number of nitrogens with zero attached hydrogens (tertiary/aromatic N) is 4. The quantitative estimate of drug-likeness (QED) is 0.519. The zero-order valence-electron chi connectivity index (χ0n) is 15.6. The summed E-state index contributed by atoms with van der Waals surface area (Å²) in [4.78, 5) is 33.8. The van der Waals surface area contributed by atoms with Crippen LogP contribution < -0.4 is 0 Å². The van der Waals surface area contributed by atoms with Crippen LogP contribution >= 0.6 is 11.8 Å². The Morgan fingerprint density at radius 1 is 1.25 bits per heavy atom. The number of H-pyrrole nitrogens is 1. The van der Waals surface area contributed by atoms with Gasteiger partial charge in [-0.25, -0.2) is 4.98 Å². The van der Waals surface area contributed by atoms with Gasteiger partial charge in [-0.2, -0.15) is 0 Å². The Balaban J connectivity index is 1.35. The van der Waals surface area contributed by atoms with E-state index >= 15 is 0 Å². The van der Waals surface area contributed by atoms with Crippen LogP contribution in [0.5, 0.6) is 0 Å². The minimum Gasteiger partial charge on any atom is -0.466 e.